The highest BCUT2D eigenvalue weighted by atomic mass is 16.4. The third kappa shape index (κ3) is 2.76. The Balaban J connectivity index is 1.59. The van der Waals surface area contributed by atoms with Crippen LogP contribution < -0.4 is 10.6 Å². The summed E-state index contributed by atoms with van der Waals surface area (Å²) in [6.45, 7) is 2.72. The molecule has 2 unspecified atom stereocenters. The number of likely N-dealkylation sites (tertiary alicyclic amines) is 1. The number of aromatic nitrogens is 2. The first-order valence-corrected chi connectivity index (χ1v) is 6.78. The van der Waals surface area contributed by atoms with E-state index in [0.717, 1.165) is 38.9 Å². The average Bonchev–Trinajstić information content (AvgIpc) is 3.07. The molecule has 2 atom stereocenters. The smallest absolute Gasteiger partial charge is 0.322 e. The van der Waals surface area contributed by atoms with Crippen molar-refractivity contribution in [3.63, 3.8) is 0 Å². The Morgan fingerprint density at radius 3 is 3.05 bits per heavy atom. The highest BCUT2D eigenvalue weighted by molar-refractivity contribution is 5.90. The lowest BCUT2D eigenvalue weighted by Gasteiger charge is -2.08. The van der Waals surface area contributed by atoms with Gasteiger partial charge >= 0.3 is 6.01 Å². The first kappa shape index (κ1) is 12.6. The first-order chi connectivity index (χ1) is 9.22. The van der Waals surface area contributed by atoms with Gasteiger partial charge in [-0.2, -0.15) is 0 Å². The minimum Gasteiger partial charge on any atom is -0.406 e. The molecule has 2 fully saturated rings. The van der Waals surface area contributed by atoms with Crippen LogP contribution in [0.3, 0.4) is 0 Å². The fraction of sp³-hybridized carbons (Fsp3) is 0.750. The SMILES string of the molecule is CN1CCC(C(=O)Nc2nnc(C3CCCN3)o2)C1. The summed E-state index contributed by atoms with van der Waals surface area (Å²) in [5.41, 5.74) is 0. The summed E-state index contributed by atoms with van der Waals surface area (Å²) >= 11 is 0. The molecule has 2 aliphatic heterocycles. The molecule has 0 aliphatic carbocycles. The van der Waals surface area contributed by atoms with E-state index in [1.54, 1.807) is 0 Å². The fourth-order valence-electron chi connectivity index (χ4n) is 2.68. The minimum atomic E-state index is -0.0288. The van der Waals surface area contributed by atoms with Gasteiger partial charge in [0.25, 0.3) is 0 Å². The molecule has 3 rings (SSSR count). The Kier molecular flexibility index (Phi) is 3.48. The molecule has 7 heteroatoms. The standard InChI is InChI=1S/C12H19N5O2/c1-17-6-4-8(7-17)10(18)14-12-16-15-11(19-12)9-3-2-5-13-9/h8-9,13H,2-7H2,1H3,(H,14,16,18). The zero-order chi connectivity index (χ0) is 13.2. The Morgan fingerprint density at radius 1 is 1.47 bits per heavy atom. The number of nitrogens with zero attached hydrogens (tertiary/aromatic N) is 3. The largest absolute Gasteiger partial charge is 0.406 e. The van der Waals surface area contributed by atoms with E-state index in [4.69, 9.17) is 4.42 Å². The quantitative estimate of drug-likeness (QED) is 0.822. The number of carbonyl (C=O) groups excluding carboxylic acids is 1. The van der Waals surface area contributed by atoms with Crippen molar-refractivity contribution in [2.75, 3.05) is 32.0 Å². The van der Waals surface area contributed by atoms with Crippen molar-refractivity contribution in [3.05, 3.63) is 5.89 Å². The molecule has 0 radical (unpaired) electrons. The summed E-state index contributed by atoms with van der Waals surface area (Å²) in [5, 5.41) is 13.9. The van der Waals surface area contributed by atoms with Gasteiger partial charge in [0.2, 0.25) is 11.8 Å². The van der Waals surface area contributed by atoms with Crippen LogP contribution in [-0.4, -0.2) is 47.7 Å². The zero-order valence-corrected chi connectivity index (χ0v) is 11.1. The van der Waals surface area contributed by atoms with Gasteiger partial charge < -0.3 is 14.6 Å². The molecule has 19 heavy (non-hydrogen) atoms. The summed E-state index contributed by atoms with van der Waals surface area (Å²) in [7, 11) is 2.02. The lowest BCUT2D eigenvalue weighted by molar-refractivity contribution is -0.119. The van der Waals surface area contributed by atoms with Crippen LogP contribution in [-0.2, 0) is 4.79 Å². The Bertz CT molecular complexity index is 455. The third-order valence-electron chi connectivity index (χ3n) is 3.79. The van der Waals surface area contributed by atoms with Crippen LogP contribution >= 0.6 is 0 Å². The highest BCUT2D eigenvalue weighted by Crippen LogP contribution is 2.23. The highest BCUT2D eigenvalue weighted by Gasteiger charge is 2.28. The second-order valence-electron chi connectivity index (χ2n) is 5.33. The maximum Gasteiger partial charge on any atom is 0.322 e. The van der Waals surface area contributed by atoms with Crippen molar-refractivity contribution < 1.29 is 9.21 Å². The zero-order valence-electron chi connectivity index (χ0n) is 11.1. The molecule has 0 saturated carbocycles. The molecule has 7 nitrogen and oxygen atoms in total. The Hall–Kier alpha value is -1.47. The molecule has 3 heterocycles. The van der Waals surface area contributed by atoms with Gasteiger partial charge in [0.15, 0.2) is 0 Å². The first-order valence-electron chi connectivity index (χ1n) is 6.78. The predicted octanol–water partition coefficient (Wildman–Crippen LogP) is 0.384. The monoisotopic (exact) mass is 265 g/mol. The van der Waals surface area contributed by atoms with Crippen LogP contribution in [0.1, 0.15) is 31.2 Å². The van der Waals surface area contributed by atoms with E-state index >= 15 is 0 Å². The number of anilines is 1. The molecular weight excluding hydrogens is 246 g/mol. The maximum absolute atomic E-state index is 12.0. The van der Waals surface area contributed by atoms with Crippen LogP contribution in [0.4, 0.5) is 6.01 Å². The van der Waals surface area contributed by atoms with E-state index in [9.17, 15) is 4.79 Å². The second kappa shape index (κ2) is 5.26. The molecule has 1 amide bonds. The summed E-state index contributed by atoms with van der Waals surface area (Å²) in [5.74, 6) is 0.556. The van der Waals surface area contributed by atoms with Gasteiger partial charge in [0.05, 0.1) is 12.0 Å². The maximum atomic E-state index is 12.0. The van der Waals surface area contributed by atoms with E-state index in [1.165, 1.54) is 0 Å². The Labute approximate surface area is 111 Å². The summed E-state index contributed by atoms with van der Waals surface area (Å²) in [6, 6.07) is 0.346. The van der Waals surface area contributed by atoms with E-state index in [2.05, 4.69) is 25.7 Å². The van der Waals surface area contributed by atoms with Gasteiger partial charge in [0.1, 0.15) is 0 Å². The van der Waals surface area contributed by atoms with Gasteiger partial charge in [-0.1, -0.05) is 5.10 Å². The molecular formula is C12H19N5O2. The summed E-state index contributed by atoms with van der Waals surface area (Å²) < 4.78 is 5.49. The van der Waals surface area contributed by atoms with Crippen molar-refractivity contribution in [1.82, 2.24) is 20.4 Å². The molecule has 0 spiro atoms. The van der Waals surface area contributed by atoms with Crippen molar-refractivity contribution in [1.29, 1.82) is 0 Å². The molecule has 1 aromatic rings. The van der Waals surface area contributed by atoms with Crippen molar-refractivity contribution in [2.24, 2.45) is 5.92 Å². The van der Waals surface area contributed by atoms with Crippen molar-refractivity contribution >= 4 is 11.9 Å². The predicted molar refractivity (Wildman–Crippen MR) is 68.5 cm³/mol. The van der Waals surface area contributed by atoms with E-state index in [1.807, 2.05) is 7.05 Å². The lowest BCUT2D eigenvalue weighted by Crippen LogP contribution is -2.25. The summed E-state index contributed by atoms with van der Waals surface area (Å²) in [6.07, 6.45) is 3.00. The summed E-state index contributed by atoms with van der Waals surface area (Å²) in [4.78, 5) is 14.2. The van der Waals surface area contributed by atoms with Crippen molar-refractivity contribution in [2.45, 2.75) is 25.3 Å². The molecule has 2 saturated heterocycles. The lowest BCUT2D eigenvalue weighted by atomic mass is 10.1. The van der Waals surface area contributed by atoms with Crippen LogP contribution in [0.15, 0.2) is 4.42 Å². The number of rotatable bonds is 3. The van der Waals surface area contributed by atoms with E-state index in [-0.39, 0.29) is 23.9 Å². The van der Waals surface area contributed by atoms with Gasteiger partial charge in [-0.05, 0) is 39.4 Å². The number of hydrogen-bond acceptors (Lipinski definition) is 6. The average molecular weight is 265 g/mol. The molecule has 1 aromatic heterocycles. The normalized spacial score (nSPS) is 27.8. The molecule has 2 N–H and O–H groups in total. The fourth-order valence-corrected chi connectivity index (χ4v) is 2.68. The van der Waals surface area contributed by atoms with Crippen molar-refractivity contribution in [3.8, 4) is 0 Å². The number of hydrogen-bond donors (Lipinski definition) is 2. The van der Waals surface area contributed by atoms with E-state index < -0.39 is 0 Å². The number of amides is 1. The third-order valence-corrected chi connectivity index (χ3v) is 3.79. The van der Waals surface area contributed by atoms with E-state index in [0.29, 0.717) is 5.89 Å². The van der Waals surface area contributed by atoms with Gasteiger partial charge in [-0.15, -0.1) is 5.10 Å². The Morgan fingerprint density at radius 2 is 2.37 bits per heavy atom. The molecule has 2 aliphatic rings. The second-order valence-corrected chi connectivity index (χ2v) is 5.33. The topological polar surface area (TPSA) is 83.3 Å². The van der Waals surface area contributed by atoms with Gasteiger partial charge in [-0.3, -0.25) is 10.1 Å². The number of nitrogens with one attached hydrogen (secondary N) is 2. The molecule has 0 aromatic carbocycles. The van der Waals surface area contributed by atoms with Crippen LogP contribution in [0.5, 0.6) is 0 Å². The van der Waals surface area contributed by atoms with Gasteiger partial charge in [-0.25, -0.2) is 0 Å². The molecule has 104 valence electrons. The number of carbonyl (C=O) groups is 1. The van der Waals surface area contributed by atoms with Crippen LogP contribution in [0, 0.1) is 5.92 Å². The van der Waals surface area contributed by atoms with Crippen LogP contribution in [0.25, 0.3) is 0 Å². The minimum absolute atomic E-state index is 0.0185. The van der Waals surface area contributed by atoms with Gasteiger partial charge in [0, 0.05) is 6.54 Å². The van der Waals surface area contributed by atoms with Crippen LogP contribution in [0.2, 0.25) is 0 Å². The molecule has 0 bridgehead atoms.